The predicted molar refractivity (Wildman–Crippen MR) is 152 cm³/mol. The molecule has 1 saturated heterocycles. The molecule has 3 fully saturated rings. The van der Waals surface area contributed by atoms with Gasteiger partial charge in [0.2, 0.25) is 17.6 Å². The van der Waals surface area contributed by atoms with Gasteiger partial charge in [0.15, 0.2) is 0 Å². The van der Waals surface area contributed by atoms with Crippen molar-refractivity contribution in [2.75, 3.05) is 13.2 Å². The van der Waals surface area contributed by atoms with E-state index in [9.17, 15) is 27.6 Å². The molecule has 8 nitrogen and oxygen atoms in total. The number of carbonyl (C=O) groups is 2. The van der Waals surface area contributed by atoms with Gasteiger partial charge in [0.25, 0.3) is 5.56 Å². The summed E-state index contributed by atoms with van der Waals surface area (Å²) < 4.78 is 48.0. The van der Waals surface area contributed by atoms with Crippen molar-refractivity contribution in [3.63, 3.8) is 0 Å². The highest BCUT2D eigenvalue weighted by Gasteiger charge is 2.60. The monoisotopic (exact) mass is 590 g/mol. The van der Waals surface area contributed by atoms with Crippen molar-refractivity contribution >= 4 is 22.7 Å². The van der Waals surface area contributed by atoms with Crippen molar-refractivity contribution in [2.24, 2.45) is 16.7 Å². The number of fused-ring (bicyclic) bond motifs is 3. The summed E-state index contributed by atoms with van der Waals surface area (Å²) in [5.41, 5.74) is -0.388. The molecule has 2 N–H and O–H groups in total. The van der Waals surface area contributed by atoms with E-state index in [1.165, 1.54) is 37.5 Å². The Morgan fingerprint density at radius 3 is 2.48 bits per heavy atom. The number of aromatic nitrogens is 2. The molecule has 2 aromatic rings. The number of hydrogen-bond donors (Lipinski definition) is 2. The summed E-state index contributed by atoms with van der Waals surface area (Å²) in [7, 11) is 0. The van der Waals surface area contributed by atoms with Gasteiger partial charge in [-0.3, -0.25) is 24.3 Å². The third kappa shape index (κ3) is 5.56. The fourth-order valence-corrected chi connectivity index (χ4v) is 7.48. The lowest BCUT2D eigenvalue weighted by atomic mass is 9.69. The Bertz CT molecular complexity index is 1410. The highest BCUT2D eigenvalue weighted by Crippen LogP contribution is 2.65. The first kappa shape index (κ1) is 30.5. The number of alkyl halides is 3. The lowest BCUT2D eigenvalue weighted by molar-refractivity contribution is -0.150. The Balaban J connectivity index is 1.15. The zero-order valence-corrected chi connectivity index (χ0v) is 24.6. The van der Waals surface area contributed by atoms with Crippen molar-refractivity contribution in [3.8, 4) is 5.75 Å². The number of hydrogen-bond acceptors (Lipinski definition) is 6. The van der Waals surface area contributed by atoms with Gasteiger partial charge in [-0.15, -0.1) is 0 Å². The summed E-state index contributed by atoms with van der Waals surface area (Å²) in [6.07, 6.45) is 3.46. The number of rotatable bonds is 11. The van der Waals surface area contributed by atoms with E-state index in [2.05, 4.69) is 31.1 Å². The maximum absolute atomic E-state index is 13.9. The summed E-state index contributed by atoms with van der Waals surface area (Å²) in [5.74, 6) is -2.07. The summed E-state index contributed by atoms with van der Waals surface area (Å²) in [4.78, 5) is 41.1. The fraction of sp³-hybridized carbons (Fsp3) is 0.677. The molecule has 1 aliphatic heterocycles. The van der Waals surface area contributed by atoms with Crippen LogP contribution in [-0.4, -0.2) is 40.6 Å². The maximum atomic E-state index is 13.9. The summed E-state index contributed by atoms with van der Waals surface area (Å²) in [6, 6.07) is 3.44. The number of halogens is 3. The molecule has 1 aromatic carbocycles. The summed E-state index contributed by atoms with van der Waals surface area (Å²) >= 11 is 0. The van der Waals surface area contributed by atoms with Crippen molar-refractivity contribution in [1.82, 2.24) is 20.2 Å². The quantitative estimate of drug-likeness (QED) is 0.264. The zero-order chi connectivity index (χ0) is 30.3. The second-order valence-corrected chi connectivity index (χ2v) is 13.0. The van der Waals surface area contributed by atoms with Gasteiger partial charge >= 0.3 is 6.18 Å². The molecule has 230 valence electrons. The van der Waals surface area contributed by atoms with E-state index in [1.54, 1.807) is 0 Å². The molecule has 0 spiro atoms. The molecule has 2 heterocycles. The number of ether oxygens (including phenoxy) is 1. The van der Waals surface area contributed by atoms with E-state index < -0.39 is 35.4 Å². The van der Waals surface area contributed by atoms with Crippen molar-refractivity contribution in [3.05, 3.63) is 34.4 Å². The molecule has 2 amide bonds. The second kappa shape index (κ2) is 11.6. The fourth-order valence-electron chi connectivity index (χ4n) is 7.48. The first-order valence-corrected chi connectivity index (χ1v) is 15.2. The van der Waals surface area contributed by atoms with E-state index in [1.807, 2.05) is 5.32 Å². The van der Waals surface area contributed by atoms with Gasteiger partial charge in [-0.05, 0) is 74.0 Å². The van der Waals surface area contributed by atoms with Gasteiger partial charge in [0.05, 0.1) is 12.1 Å². The molecule has 11 heteroatoms. The molecular weight excluding hydrogens is 549 g/mol. The topological polar surface area (TPSA) is 102 Å². The van der Waals surface area contributed by atoms with Crippen LogP contribution in [0.5, 0.6) is 5.75 Å². The SMILES string of the molecule is CC1(C)[C@@H]2CC[C@@]1(C)[C@@H](NCCCCCCCOc1cccc3nc(C(F)(F)F)n(C4CCC(=O)NC4=O)c(=O)c13)C2. The molecule has 42 heavy (non-hydrogen) atoms. The van der Waals surface area contributed by atoms with Crippen LogP contribution >= 0.6 is 0 Å². The van der Waals surface area contributed by atoms with Crippen molar-refractivity contribution in [1.29, 1.82) is 0 Å². The van der Waals surface area contributed by atoms with Crippen LogP contribution in [0.25, 0.3) is 10.9 Å². The predicted octanol–water partition coefficient (Wildman–Crippen LogP) is 5.53. The number of benzene rings is 1. The number of nitrogens with one attached hydrogen (secondary N) is 2. The molecule has 2 bridgehead atoms. The Morgan fingerprint density at radius 1 is 1.07 bits per heavy atom. The van der Waals surface area contributed by atoms with E-state index >= 15 is 0 Å². The Labute approximate surface area is 243 Å². The normalized spacial score (nSPS) is 27.0. The lowest BCUT2D eigenvalue weighted by Crippen LogP contribution is -2.46. The largest absolute Gasteiger partial charge is 0.493 e. The number of amides is 2. The molecule has 1 unspecified atom stereocenters. The van der Waals surface area contributed by atoms with Crippen LogP contribution in [0, 0.1) is 16.7 Å². The number of piperidine rings is 1. The Kier molecular flexibility index (Phi) is 8.44. The average molecular weight is 591 g/mol. The van der Waals surface area contributed by atoms with Gasteiger partial charge in [-0.2, -0.15) is 13.2 Å². The van der Waals surface area contributed by atoms with Gasteiger partial charge < -0.3 is 10.1 Å². The van der Waals surface area contributed by atoms with Crippen molar-refractivity contribution in [2.45, 2.75) is 103 Å². The van der Waals surface area contributed by atoms with Crippen LogP contribution in [0.4, 0.5) is 13.2 Å². The van der Waals surface area contributed by atoms with Gasteiger partial charge in [0.1, 0.15) is 17.2 Å². The first-order valence-electron chi connectivity index (χ1n) is 15.2. The highest BCUT2D eigenvalue weighted by molar-refractivity contribution is 5.99. The van der Waals surface area contributed by atoms with Gasteiger partial charge in [0, 0.05) is 12.5 Å². The lowest BCUT2D eigenvalue weighted by Gasteiger charge is -2.39. The van der Waals surface area contributed by atoms with Crippen LogP contribution in [0.1, 0.15) is 96.8 Å². The third-order valence-corrected chi connectivity index (χ3v) is 10.4. The number of imide groups is 1. The minimum Gasteiger partial charge on any atom is -0.493 e. The van der Waals surface area contributed by atoms with Crippen LogP contribution in [0.2, 0.25) is 0 Å². The molecule has 4 atom stereocenters. The van der Waals surface area contributed by atoms with Crippen LogP contribution in [0.15, 0.2) is 23.0 Å². The number of nitrogens with zero attached hydrogens (tertiary/aromatic N) is 2. The maximum Gasteiger partial charge on any atom is 0.449 e. The number of unbranched alkanes of at least 4 members (excludes halogenated alkanes) is 4. The Morgan fingerprint density at radius 2 is 1.81 bits per heavy atom. The van der Waals surface area contributed by atoms with Crippen molar-refractivity contribution < 1.29 is 27.5 Å². The smallest absolute Gasteiger partial charge is 0.449 e. The molecule has 3 aliphatic rings. The molecule has 2 saturated carbocycles. The average Bonchev–Trinajstić information content (AvgIpc) is 3.25. The number of carbonyl (C=O) groups excluding carboxylic acids is 2. The van der Waals surface area contributed by atoms with E-state index in [-0.39, 0.29) is 29.5 Å². The standard InChI is InChI=1S/C31H41F3N4O4/c1-29(2)19-14-15-30(29,3)23(18-19)35-16-7-5-4-6-8-17-42-22-11-9-10-20-25(22)27(41)38(28(36-20)31(32,33)34)21-12-13-24(39)37-26(21)40/h9-11,19,21,23,35H,4-8,12-18H2,1-3H3,(H,37,39,40)/t19-,21?,23+,30+/m1/s1. The molecule has 2 aliphatic carbocycles. The van der Waals surface area contributed by atoms with E-state index in [4.69, 9.17) is 4.74 Å². The minimum absolute atomic E-state index is 0.112. The van der Waals surface area contributed by atoms with Gasteiger partial charge in [-0.1, -0.05) is 46.1 Å². The van der Waals surface area contributed by atoms with Gasteiger partial charge in [-0.25, -0.2) is 4.98 Å². The summed E-state index contributed by atoms with van der Waals surface area (Å²) in [6.45, 7) is 8.62. The molecule has 1 aromatic heterocycles. The van der Waals surface area contributed by atoms with Crippen LogP contribution < -0.4 is 20.9 Å². The van der Waals surface area contributed by atoms with Crippen LogP contribution in [0.3, 0.4) is 0 Å². The minimum atomic E-state index is -4.98. The molecule has 5 rings (SSSR count). The summed E-state index contributed by atoms with van der Waals surface area (Å²) in [5, 5.41) is 5.73. The third-order valence-electron chi connectivity index (χ3n) is 10.4. The highest BCUT2D eigenvalue weighted by atomic mass is 19.4. The molecule has 0 radical (unpaired) electrons. The van der Waals surface area contributed by atoms with E-state index in [0.29, 0.717) is 28.0 Å². The van der Waals surface area contributed by atoms with E-state index in [0.717, 1.165) is 44.6 Å². The zero-order valence-electron chi connectivity index (χ0n) is 24.6. The first-order chi connectivity index (χ1) is 19.8. The Hall–Kier alpha value is -2.95. The molecular formula is C31H41F3N4O4. The second-order valence-electron chi connectivity index (χ2n) is 13.0. The van der Waals surface area contributed by atoms with Crippen LogP contribution in [-0.2, 0) is 15.8 Å².